The summed E-state index contributed by atoms with van der Waals surface area (Å²) in [5, 5.41) is 0. The Bertz CT molecular complexity index is 650. The Kier molecular flexibility index (Phi) is 4.32. The summed E-state index contributed by atoms with van der Waals surface area (Å²) in [5.74, 6) is -0.00412. The van der Waals surface area contributed by atoms with Gasteiger partial charge in [0.05, 0.1) is 6.04 Å². The van der Waals surface area contributed by atoms with Crippen LogP contribution in [0.5, 0.6) is 0 Å². The van der Waals surface area contributed by atoms with Crippen molar-refractivity contribution >= 4 is 11.6 Å². The molecule has 2 N–H and O–H groups in total. The molecule has 21 heavy (non-hydrogen) atoms. The van der Waals surface area contributed by atoms with Crippen molar-refractivity contribution in [3.8, 4) is 0 Å². The molecule has 2 aromatic rings. The van der Waals surface area contributed by atoms with E-state index in [4.69, 9.17) is 5.73 Å². The predicted molar refractivity (Wildman–Crippen MR) is 87.3 cm³/mol. The second-order valence-corrected chi connectivity index (χ2v) is 5.53. The fourth-order valence-corrected chi connectivity index (χ4v) is 2.42. The van der Waals surface area contributed by atoms with E-state index < -0.39 is 0 Å². The van der Waals surface area contributed by atoms with Gasteiger partial charge in [-0.3, -0.25) is 4.79 Å². The summed E-state index contributed by atoms with van der Waals surface area (Å²) >= 11 is 0. The van der Waals surface area contributed by atoms with E-state index in [0.717, 1.165) is 16.7 Å². The number of anilines is 1. The largest absolute Gasteiger partial charge is 0.398 e. The number of hydrogen-bond acceptors (Lipinski definition) is 2. The van der Waals surface area contributed by atoms with Crippen molar-refractivity contribution in [1.29, 1.82) is 0 Å². The highest BCUT2D eigenvalue weighted by molar-refractivity contribution is 5.96. The maximum atomic E-state index is 12.7. The molecule has 0 aliphatic rings. The Labute approximate surface area is 126 Å². The molecule has 0 heterocycles. The lowest BCUT2D eigenvalue weighted by Crippen LogP contribution is -2.30. The smallest absolute Gasteiger partial charge is 0.254 e. The lowest BCUT2D eigenvalue weighted by atomic mass is 10.0. The molecule has 0 bridgehead atoms. The van der Waals surface area contributed by atoms with Crippen LogP contribution in [0.1, 0.15) is 40.0 Å². The van der Waals surface area contributed by atoms with Gasteiger partial charge in [-0.15, -0.1) is 0 Å². The molecular formula is C18H22N2O. The quantitative estimate of drug-likeness (QED) is 0.872. The number of nitrogens with zero attached hydrogens (tertiary/aromatic N) is 1. The summed E-state index contributed by atoms with van der Waals surface area (Å²) in [6, 6.07) is 13.8. The van der Waals surface area contributed by atoms with E-state index in [-0.39, 0.29) is 11.9 Å². The van der Waals surface area contributed by atoms with E-state index in [2.05, 4.69) is 0 Å². The van der Waals surface area contributed by atoms with Crippen LogP contribution in [-0.4, -0.2) is 17.9 Å². The first-order valence-corrected chi connectivity index (χ1v) is 7.10. The standard InChI is InChI=1S/C18H22N2O/c1-12-10-13(2)17(19)11-16(12)18(21)20(4)14(3)15-8-6-5-7-9-15/h5-11,14H,19H2,1-4H3. The molecule has 0 saturated heterocycles. The highest BCUT2D eigenvalue weighted by Crippen LogP contribution is 2.24. The number of carbonyl (C=O) groups is 1. The minimum Gasteiger partial charge on any atom is -0.398 e. The van der Waals surface area contributed by atoms with E-state index in [1.165, 1.54) is 0 Å². The van der Waals surface area contributed by atoms with Gasteiger partial charge in [-0.05, 0) is 43.5 Å². The number of amides is 1. The third-order valence-electron chi connectivity index (χ3n) is 4.03. The molecule has 0 aliphatic heterocycles. The van der Waals surface area contributed by atoms with Crippen LogP contribution < -0.4 is 5.73 Å². The number of nitrogens with two attached hydrogens (primary N) is 1. The molecule has 2 rings (SSSR count). The van der Waals surface area contributed by atoms with Gasteiger partial charge in [-0.25, -0.2) is 0 Å². The monoisotopic (exact) mass is 282 g/mol. The van der Waals surface area contributed by atoms with Crippen molar-refractivity contribution in [2.75, 3.05) is 12.8 Å². The fourth-order valence-electron chi connectivity index (χ4n) is 2.42. The van der Waals surface area contributed by atoms with Crippen molar-refractivity contribution in [2.24, 2.45) is 0 Å². The zero-order chi connectivity index (χ0) is 15.6. The van der Waals surface area contributed by atoms with Gasteiger partial charge in [0.2, 0.25) is 0 Å². The molecule has 0 spiro atoms. The van der Waals surface area contributed by atoms with Gasteiger partial charge in [0.15, 0.2) is 0 Å². The van der Waals surface area contributed by atoms with Crippen LogP contribution in [0.3, 0.4) is 0 Å². The van der Waals surface area contributed by atoms with Gasteiger partial charge in [0.1, 0.15) is 0 Å². The van der Waals surface area contributed by atoms with Crippen LogP contribution >= 0.6 is 0 Å². The summed E-state index contributed by atoms with van der Waals surface area (Å²) in [5.41, 5.74) is 10.3. The van der Waals surface area contributed by atoms with E-state index >= 15 is 0 Å². The lowest BCUT2D eigenvalue weighted by Gasteiger charge is -2.26. The summed E-state index contributed by atoms with van der Waals surface area (Å²) in [4.78, 5) is 14.5. The first-order valence-electron chi connectivity index (χ1n) is 7.10. The number of nitrogen functional groups attached to an aromatic ring is 1. The van der Waals surface area contributed by atoms with Crippen LogP contribution in [-0.2, 0) is 0 Å². The van der Waals surface area contributed by atoms with Crippen LogP contribution in [0.2, 0.25) is 0 Å². The number of rotatable bonds is 3. The molecule has 0 saturated carbocycles. The van der Waals surface area contributed by atoms with Gasteiger partial charge in [-0.1, -0.05) is 36.4 Å². The molecule has 0 fully saturated rings. The molecule has 1 amide bonds. The van der Waals surface area contributed by atoms with Gasteiger partial charge >= 0.3 is 0 Å². The van der Waals surface area contributed by atoms with Crippen LogP contribution in [0.25, 0.3) is 0 Å². The summed E-state index contributed by atoms with van der Waals surface area (Å²) in [6.07, 6.45) is 0. The minimum atomic E-state index is -0.00412. The zero-order valence-corrected chi connectivity index (χ0v) is 13.1. The van der Waals surface area contributed by atoms with Crippen molar-refractivity contribution in [2.45, 2.75) is 26.8 Å². The summed E-state index contributed by atoms with van der Waals surface area (Å²) in [7, 11) is 1.83. The first-order chi connectivity index (χ1) is 9.91. The number of benzene rings is 2. The Hall–Kier alpha value is -2.29. The maximum absolute atomic E-state index is 12.7. The van der Waals surface area contributed by atoms with E-state index in [0.29, 0.717) is 11.3 Å². The Morgan fingerprint density at radius 1 is 1.10 bits per heavy atom. The van der Waals surface area contributed by atoms with Crippen LogP contribution in [0.4, 0.5) is 5.69 Å². The topological polar surface area (TPSA) is 46.3 Å². The fraction of sp³-hybridized carbons (Fsp3) is 0.278. The number of hydrogen-bond donors (Lipinski definition) is 1. The molecule has 110 valence electrons. The van der Waals surface area contributed by atoms with Crippen LogP contribution in [0.15, 0.2) is 42.5 Å². The lowest BCUT2D eigenvalue weighted by molar-refractivity contribution is 0.0742. The summed E-state index contributed by atoms with van der Waals surface area (Å²) in [6.45, 7) is 5.92. The Morgan fingerprint density at radius 2 is 1.71 bits per heavy atom. The van der Waals surface area contributed by atoms with Crippen molar-refractivity contribution in [3.05, 3.63) is 64.7 Å². The third-order valence-corrected chi connectivity index (χ3v) is 4.03. The average Bonchev–Trinajstić information content (AvgIpc) is 2.49. The molecule has 0 radical (unpaired) electrons. The molecule has 2 aromatic carbocycles. The number of aryl methyl sites for hydroxylation is 2. The SMILES string of the molecule is Cc1cc(C)c(C(=O)N(C)C(C)c2ccccc2)cc1N. The molecular weight excluding hydrogens is 260 g/mol. The predicted octanol–water partition coefficient (Wildman–Crippen LogP) is 3.72. The molecule has 0 aliphatic carbocycles. The van der Waals surface area contributed by atoms with Crippen molar-refractivity contribution < 1.29 is 4.79 Å². The van der Waals surface area contributed by atoms with Gasteiger partial charge in [-0.2, -0.15) is 0 Å². The highest BCUT2D eigenvalue weighted by atomic mass is 16.2. The second-order valence-electron chi connectivity index (χ2n) is 5.53. The van der Waals surface area contributed by atoms with Crippen molar-refractivity contribution in [3.63, 3.8) is 0 Å². The van der Waals surface area contributed by atoms with Gasteiger partial charge < -0.3 is 10.6 Å². The third kappa shape index (κ3) is 3.07. The second kappa shape index (κ2) is 6.00. The molecule has 1 unspecified atom stereocenters. The van der Waals surface area contributed by atoms with Gasteiger partial charge in [0.25, 0.3) is 5.91 Å². The minimum absolute atomic E-state index is 0.00412. The molecule has 1 atom stereocenters. The van der Waals surface area contributed by atoms with Crippen molar-refractivity contribution in [1.82, 2.24) is 4.90 Å². The van der Waals surface area contributed by atoms with E-state index in [1.54, 1.807) is 11.0 Å². The molecule has 3 heteroatoms. The summed E-state index contributed by atoms with van der Waals surface area (Å²) < 4.78 is 0. The van der Waals surface area contributed by atoms with E-state index in [9.17, 15) is 4.79 Å². The average molecular weight is 282 g/mol. The van der Waals surface area contributed by atoms with E-state index in [1.807, 2.05) is 64.2 Å². The number of carbonyl (C=O) groups excluding carboxylic acids is 1. The first kappa shape index (κ1) is 15.1. The molecule has 0 aromatic heterocycles. The van der Waals surface area contributed by atoms with Gasteiger partial charge in [0, 0.05) is 18.3 Å². The normalized spacial score (nSPS) is 12.0. The maximum Gasteiger partial charge on any atom is 0.254 e. The van der Waals surface area contributed by atoms with Crippen LogP contribution in [0, 0.1) is 13.8 Å². The zero-order valence-electron chi connectivity index (χ0n) is 13.1. The Balaban J connectivity index is 2.30. The highest BCUT2D eigenvalue weighted by Gasteiger charge is 2.20. The Morgan fingerprint density at radius 3 is 2.33 bits per heavy atom. The molecule has 3 nitrogen and oxygen atoms in total.